The maximum absolute atomic E-state index is 7.31. The average molecular weight is 212 g/mol. The van der Waals surface area contributed by atoms with E-state index in [1.165, 1.54) is 32.1 Å². The van der Waals surface area contributed by atoms with Gasteiger partial charge in [-0.25, -0.2) is 0 Å². The predicted molar refractivity (Wildman–Crippen MR) is 63.1 cm³/mol. The zero-order valence-corrected chi connectivity index (χ0v) is 9.96. The summed E-state index contributed by atoms with van der Waals surface area (Å²) in [6, 6.07) is 0. The second-order valence-electron chi connectivity index (χ2n) is 4.68. The number of amidine groups is 1. The molecule has 3 N–H and O–H groups in total. The first kappa shape index (κ1) is 12.5. The predicted octanol–water partition coefficient (Wildman–Crippen LogP) is 2.54. The van der Waals surface area contributed by atoms with Gasteiger partial charge in [0.2, 0.25) is 0 Å². The zero-order valence-electron chi connectivity index (χ0n) is 9.96. The molecular formula is C12H24N2O. The van der Waals surface area contributed by atoms with Crippen molar-refractivity contribution < 1.29 is 4.74 Å². The molecule has 0 bridgehead atoms. The smallest absolute Gasteiger partial charge is 0.0957 e. The van der Waals surface area contributed by atoms with Crippen LogP contribution in [0.25, 0.3) is 0 Å². The second-order valence-corrected chi connectivity index (χ2v) is 4.68. The molecule has 0 radical (unpaired) electrons. The van der Waals surface area contributed by atoms with Gasteiger partial charge in [-0.1, -0.05) is 33.1 Å². The highest BCUT2D eigenvalue weighted by Crippen LogP contribution is 2.29. The lowest BCUT2D eigenvalue weighted by atomic mass is 9.85. The minimum Gasteiger partial charge on any atom is -0.387 e. The summed E-state index contributed by atoms with van der Waals surface area (Å²) in [7, 11) is 0. The van der Waals surface area contributed by atoms with Gasteiger partial charge < -0.3 is 10.5 Å². The van der Waals surface area contributed by atoms with Gasteiger partial charge in [-0.2, -0.15) is 0 Å². The monoisotopic (exact) mass is 212 g/mol. The van der Waals surface area contributed by atoms with Crippen molar-refractivity contribution >= 4 is 5.84 Å². The van der Waals surface area contributed by atoms with Crippen LogP contribution in [0.2, 0.25) is 0 Å². The third-order valence-electron chi connectivity index (χ3n) is 3.45. The van der Waals surface area contributed by atoms with Gasteiger partial charge in [0.1, 0.15) is 0 Å². The van der Waals surface area contributed by atoms with E-state index in [1.807, 2.05) is 6.92 Å². The van der Waals surface area contributed by atoms with Gasteiger partial charge in [-0.05, 0) is 18.8 Å². The summed E-state index contributed by atoms with van der Waals surface area (Å²) in [6.45, 7) is 4.80. The Kier molecular flexibility index (Phi) is 5.09. The first-order valence-electron chi connectivity index (χ1n) is 6.10. The van der Waals surface area contributed by atoms with Crippen LogP contribution in [0.15, 0.2) is 0 Å². The number of ether oxygens (including phenoxy) is 1. The molecule has 15 heavy (non-hydrogen) atoms. The molecule has 0 aromatic heterocycles. The average Bonchev–Trinajstić information content (AvgIpc) is 2.26. The van der Waals surface area contributed by atoms with Gasteiger partial charge in [0.05, 0.1) is 18.5 Å². The van der Waals surface area contributed by atoms with Crippen LogP contribution in [-0.2, 0) is 4.74 Å². The van der Waals surface area contributed by atoms with Crippen LogP contribution in [0.3, 0.4) is 0 Å². The van der Waals surface area contributed by atoms with Gasteiger partial charge in [0, 0.05) is 5.92 Å². The lowest BCUT2D eigenvalue weighted by molar-refractivity contribution is -0.0184. The third-order valence-corrected chi connectivity index (χ3v) is 3.45. The molecule has 3 heteroatoms. The highest BCUT2D eigenvalue weighted by Gasteiger charge is 2.24. The van der Waals surface area contributed by atoms with Crippen molar-refractivity contribution in [3.63, 3.8) is 0 Å². The summed E-state index contributed by atoms with van der Waals surface area (Å²) in [5.41, 5.74) is 5.42. The van der Waals surface area contributed by atoms with Crippen LogP contribution in [0.1, 0.15) is 46.0 Å². The summed E-state index contributed by atoms with van der Waals surface area (Å²) in [4.78, 5) is 0. The number of nitrogens with one attached hydrogen (secondary N) is 1. The van der Waals surface area contributed by atoms with E-state index in [2.05, 4.69) is 6.92 Å². The quantitative estimate of drug-likeness (QED) is 0.543. The molecule has 88 valence electrons. The van der Waals surface area contributed by atoms with Crippen molar-refractivity contribution in [3.8, 4) is 0 Å². The Morgan fingerprint density at radius 2 is 2.13 bits per heavy atom. The normalized spacial score (nSPS) is 28.7. The van der Waals surface area contributed by atoms with E-state index in [9.17, 15) is 0 Å². The highest BCUT2D eigenvalue weighted by molar-refractivity contribution is 5.79. The fourth-order valence-corrected chi connectivity index (χ4v) is 2.22. The van der Waals surface area contributed by atoms with Gasteiger partial charge >= 0.3 is 0 Å². The summed E-state index contributed by atoms with van der Waals surface area (Å²) < 4.78 is 5.89. The Bertz CT molecular complexity index is 206. The molecule has 1 rings (SSSR count). The van der Waals surface area contributed by atoms with E-state index >= 15 is 0 Å². The van der Waals surface area contributed by atoms with Crippen molar-refractivity contribution in [1.82, 2.24) is 0 Å². The molecule has 0 spiro atoms. The van der Waals surface area contributed by atoms with Gasteiger partial charge in [0.25, 0.3) is 0 Å². The van der Waals surface area contributed by atoms with E-state index in [1.54, 1.807) is 0 Å². The van der Waals surface area contributed by atoms with E-state index in [0.29, 0.717) is 12.7 Å². The molecule has 3 nitrogen and oxygen atoms in total. The van der Waals surface area contributed by atoms with Crippen molar-refractivity contribution in [3.05, 3.63) is 0 Å². The Hall–Kier alpha value is -0.570. The largest absolute Gasteiger partial charge is 0.387 e. The Balaban J connectivity index is 2.32. The molecule has 1 saturated carbocycles. The van der Waals surface area contributed by atoms with Crippen LogP contribution in [0.4, 0.5) is 0 Å². The lowest BCUT2D eigenvalue weighted by Gasteiger charge is -2.31. The maximum atomic E-state index is 7.31. The molecule has 0 aromatic rings. The van der Waals surface area contributed by atoms with E-state index in [4.69, 9.17) is 15.9 Å². The number of rotatable bonds is 5. The molecule has 0 saturated heterocycles. The molecule has 1 aliphatic carbocycles. The highest BCUT2D eigenvalue weighted by atomic mass is 16.5. The molecule has 0 aliphatic heterocycles. The minimum atomic E-state index is 0.0597. The molecule has 3 atom stereocenters. The maximum Gasteiger partial charge on any atom is 0.0957 e. The van der Waals surface area contributed by atoms with Crippen LogP contribution in [0.5, 0.6) is 0 Å². The molecule has 3 unspecified atom stereocenters. The second kappa shape index (κ2) is 6.11. The van der Waals surface area contributed by atoms with Crippen molar-refractivity contribution in [1.29, 1.82) is 5.41 Å². The van der Waals surface area contributed by atoms with Crippen molar-refractivity contribution in [2.75, 3.05) is 6.61 Å². The van der Waals surface area contributed by atoms with Crippen LogP contribution < -0.4 is 5.73 Å². The topological polar surface area (TPSA) is 59.1 Å². The summed E-state index contributed by atoms with van der Waals surface area (Å²) in [5.74, 6) is 1.01. The standard InChI is InChI=1S/C12H24N2O/c1-3-10-6-4-5-7-11(10)15-8-9(2)12(13)14/h9-11H,3-8H2,1-2H3,(H3,13,14). The van der Waals surface area contributed by atoms with E-state index in [0.717, 1.165) is 5.92 Å². The number of hydrogen-bond acceptors (Lipinski definition) is 2. The van der Waals surface area contributed by atoms with Crippen molar-refractivity contribution in [2.24, 2.45) is 17.6 Å². The SMILES string of the molecule is CCC1CCCCC1OCC(C)C(=N)N. The fraction of sp³-hybridized carbons (Fsp3) is 0.917. The van der Waals surface area contributed by atoms with E-state index in [-0.39, 0.29) is 11.8 Å². The lowest BCUT2D eigenvalue weighted by Crippen LogP contribution is -2.31. The molecule has 0 aromatic carbocycles. The zero-order chi connectivity index (χ0) is 11.3. The Labute approximate surface area is 92.9 Å². The minimum absolute atomic E-state index is 0.0597. The Morgan fingerprint density at radius 1 is 1.47 bits per heavy atom. The fourth-order valence-electron chi connectivity index (χ4n) is 2.22. The number of nitrogens with two attached hydrogens (primary N) is 1. The van der Waals surface area contributed by atoms with Gasteiger partial charge in [0.15, 0.2) is 0 Å². The summed E-state index contributed by atoms with van der Waals surface area (Å²) >= 11 is 0. The van der Waals surface area contributed by atoms with Gasteiger partial charge in [-0.15, -0.1) is 0 Å². The van der Waals surface area contributed by atoms with E-state index < -0.39 is 0 Å². The molecule has 0 heterocycles. The first-order chi connectivity index (χ1) is 7.15. The van der Waals surface area contributed by atoms with Crippen LogP contribution >= 0.6 is 0 Å². The molecule has 1 aliphatic rings. The first-order valence-corrected chi connectivity index (χ1v) is 6.10. The van der Waals surface area contributed by atoms with Crippen molar-refractivity contribution in [2.45, 2.75) is 52.1 Å². The summed E-state index contributed by atoms with van der Waals surface area (Å²) in [6.07, 6.45) is 6.74. The molecule has 0 amide bonds. The van der Waals surface area contributed by atoms with Gasteiger partial charge in [-0.3, -0.25) is 5.41 Å². The molecular weight excluding hydrogens is 188 g/mol. The number of hydrogen-bond donors (Lipinski definition) is 2. The summed E-state index contributed by atoms with van der Waals surface area (Å²) in [5, 5.41) is 7.31. The Morgan fingerprint density at radius 3 is 2.73 bits per heavy atom. The molecule has 1 fully saturated rings. The van der Waals surface area contributed by atoms with Crippen LogP contribution in [0, 0.1) is 17.2 Å². The van der Waals surface area contributed by atoms with Crippen LogP contribution in [-0.4, -0.2) is 18.5 Å². The third kappa shape index (κ3) is 3.82.